The van der Waals surface area contributed by atoms with E-state index in [4.69, 9.17) is 21.7 Å². The van der Waals surface area contributed by atoms with Crippen molar-refractivity contribution in [1.82, 2.24) is 0 Å². The first-order chi connectivity index (χ1) is 11.5. The summed E-state index contributed by atoms with van der Waals surface area (Å²) >= 11 is 5.21. The number of nitrogens with one attached hydrogen (secondary N) is 1. The Morgan fingerprint density at radius 1 is 1.04 bits per heavy atom. The van der Waals surface area contributed by atoms with E-state index in [-0.39, 0.29) is 5.92 Å². The van der Waals surface area contributed by atoms with Crippen molar-refractivity contribution < 1.29 is 9.47 Å². The molecular formula is C18H19N3O2S. The Hall–Kier alpha value is -2.47. The number of methoxy groups -OCH3 is 2. The summed E-state index contributed by atoms with van der Waals surface area (Å²) in [5.74, 6) is 1.87. The van der Waals surface area contributed by atoms with Crippen LogP contribution >= 0.6 is 12.2 Å². The van der Waals surface area contributed by atoms with Crippen molar-refractivity contribution >= 4 is 34.6 Å². The second kappa shape index (κ2) is 6.57. The zero-order valence-corrected chi connectivity index (χ0v) is 14.9. The monoisotopic (exact) mass is 341 g/mol. The molecule has 0 bridgehead atoms. The Kier molecular flexibility index (Phi) is 4.49. The van der Waals surface area contributed by atoms with Gasteiger partial charge < -0.3 is 14.8 Å². The van der Waals surface area contributed by atoms with Crippen LogP contribution in [-0.2, 0) is 9.47 Å². The summed E-state index contributed by atoms with van der Waals surface area (Å²) in [5.41, 5.74) is 4.22. The quantitative estimate of drug-likeness (QED) is 0.855. The predicted molar refractivity (Wildman–Crippen MR) is 101 cm³/mol. The molecule has 1 unspecified atom stereocenters. The van der Waals surface area contributed by atoms with E-state index in [2.05, 4.69) is 41.3 Å². The van der Waals surface area contributed by atoms with Gasteiger partial charge in [-0.15, -0.1) is 0 Å². The molecule has 0 saturated heterocycles. The van der Waals surface area contributed by atoms with Crippen LogP contribution in [0.2, 0.25) is 0 Å². The number of thiocarbonyl (C=S) groups is 1. The highest BCUT2D eigenvalue weighted by Gasteiger charge is 2.30. The van der Waals surface area contributed by atoms with Crippen molar-refractivity contribution in [2.24, 2.45) is 15.9 Å². The molecule has 1 aliphatic heterocycles. The highest BCUT2D eigenvalue weighted by Crippen LogP contribution is 2.27. The summed E-state index contributed by atoms with van der Waals surface area (Å²) < 4.78 is 10.7. The second-order valence-corrected chi connectivity index (χ2v) is 6.03. The van der Waals surface area contributed by atoms with Crippen LogP contribution in [0.4, 0.5) is 5.69 Å². The van der Waals surface area contributed by atoms with E-state index in [0.29, 0.717) is 16.6 Å². The molecule has 0 spiro atoms. The van der Waals surface area contributed by atoms with E-state index in [0.717, 1.165) is 17.2 Å². The summed E-state index contributed by atoms with van der Waals surface area (Å²) in [6.45, 7) is 4.17. The van der Waals surface area contributed by atoms with Gasteiger partial charge in [0.05, 0.1) is 25.8 Å². The van der Waals surface area contributed by atoms with Gasteiger partial charge >= 0.3 is 0 Å². The van der Waals surface area contributed by atoms with Gasteiger partial charge in [-0.05, 0) is 55.4 Å². The molecule has 1 aromatic carbocycles. The normalized spacial score (nSPS) is 19.5. The number of fused-ring (bicyclic) bond motifs is 1. The number of nitrogens with zero attached hydrogens (tertiary/aromatic N) is 2. The van der Waals surface area contributed by atoms with E-state index in [1.54, 1.807) is 14.2 Å². The van der Waals surface area contributed by atoms with Crippen molar-refractivity contribution in [2.45, 2.75) is 13.8 Å². The minimum atomic E-state index is -0.146. The van der Waals surface area contributed by atoms with Crippen LogP contribution in [0, 0.1) is 19.8 Å². The summed E-state index contributed by atoms with van der Waals surface area (Å²) in [4.78, 5) is 8.77. The number of aliphatic imine (C=N–C) groups is 2. The van der Waals surface area contributed by atoms with Crippen LogP contribution < -0.4 is 5.32 Å². The maximum Gasteiger partial charge on any atom is 0.221 e. The first kappa shape index (κ1) is 16.4. The molecule has 5 nitrogen and oxygen atoms in total. The Morgan fingerprint density at radius 2 is 1.79 bits per heavy atom. The lowest BCUT2D eigenvalue weighted by atomic mass is 9.94. The van der Waals surface area contributed by atoms with Gasteiger partial charge in [0.25, 0.3) is 0 Å². The Balaban J connectivity index is 1.94. The number of aryl methyl sites for hydroxylation is 2. The SMILES string of the molecule is COC1=CC2=NC(=S)N=C(Nc3ccc(C)c(C)c3)C2C=C1OC. The van der Waals surface area contributed by atoms with Gasteiger partial charge in [-0.2, -0.15) is 0 Å². The minimum absolute atomic E-state index is 0.146. The van der Waals surface area contributed by atoms with Crippen molar-refractivity contribution in [1.29, 1.82) is 0 Å². The van der Waals surface area contributed by atoms with Crippen molar-refractivity contribution in [3.05, 3.63) is 53.0 Å². The Bertz CT molecular complexity index is 822. The third-order valence-electron chi connectivity index (χ3n) is 4.11. The highest BCUT2D eigenvalue weighted by atomic mass is 32.1. The van der Waals surface area contributed by atoms with E-state index in [1.165, 1.54) is 11.1 Å². The fraction of sp³-hybridized carbons (Fsp3) is 0.278. The topological polar surface area (TPSA) is 55.2 Å². The number of hydrogen-bond acceptors (Lipinski definition) is 4. The number of rotatable bonds is 3. The fourth-order valence-corrected chi connectivity index (χ4v) is 2.85. The average molecular weight is 341 g/mol. The number of allylic oxidation sites excluding steroid dienone is 1. The second-order valence-electron chi connectivity index (χ2n) is 5.67. The minimum Gasteiger partial charge on any atom is -0.493 e. The number of hydrogen-bond donors (Lipinski definition) is 1. The average Bonchev–Trinajstić information content (AvgIpc) is 2.57. The molecule has 3 rings (SSSR count). The summed E-state index contributed by atoms with van der Waals surface area (Å²) in [5, 5.41) is 3.67. The number of benzene rings is 1. The number of amidine groups is 1. The maximum absolute atomic E-state index is 5.40. The number of ether oxygens (including phenoxy) is 2. The van der Waals surface area contributed by atoms with Crippen molar-refractivity contribution in [3.8, 4) is 0 Å². The third kappa shape index (κ3) is 3.10. The maximum atomic E-state index is 5.40. The zero-order valence-electron chi connectivity index (χ0n) is 14.1. The van der Waals surface area contributed by atoms with Crippen molar-refractivity contribution in [2.75, 3.05) is 19.5 Å². The van der Waals surface area contributed by atoms with Gasteiger partial charge in [-0.3, -0.25) is 0 Å². The van der Waals surface area contributed by atoms with Crippen LogP contribution in [0.5, 0.6) is 0 Å². The van der Waals surface area contributed by atoms with E-state index in [1.807, 2.05) is 18.2 Å². The summed E-state index contributed by atoms with van der Waals surface area (Å²) in [7, 11) is 3.21. The molecule has 1 atom stereocenters. The Labute approximate surface area is 146 Å². The van der Waals surface area contributed by atoms with E-state index < -0.39 is 0 Å². The van der Waals surface area contributed by atoms with Crippen molar-refractivity contribution in [3.63, 3.8) is 0 Å². The van der Waals surface area contributed by atoms with Gasteiger partial charge in [0, 0.05) is 11.8 Å². The molecule has 1 aliphatic carbocycles. The molecule has 6 heteroatoms. The first-order valence-electron chi connectivity index (χ1n) is 7.59. The first-order valence-corrected chi connectivity index (χ1v) is 8.00. The lowest BCUT2D eigenvalue weighted by Gasteiger charge is -2.26. The highest BCUT2D eigenvalue weighted by molar-refractivity contribution is 7.80. The molecule has 0 saturated carbocycles. The smallest absolute Gasteiger partial charge is 0.221 e. The van der Waals surface area contributed by atoms with Crippen LogP contribution in [-0.4, -0.2) is 30.9 Å². The molecule has 0 fully saturated rings. The molecule has 1 N–H and O–H groups in total. The van der Waals surface area contributed by atoms with Crippen LogP contribution in [0.1, 0.15) is 11.1 Å². The third-order valence-corrected chi connectivity index (χ3v) is 4.30. The molecule has 24 heavy (non-hydrogen) atoms. The molecule has 124 valence electrons. The molecule has 1 heterocycles. The predicted octanol–water partition coefficient (Wildman–Crippen LogP) is 3.54. The Morgan fingerprint density at radius 3 is 2.46 bits per heavy atom. The molecular weight excluding hydrogens is 322 g/mol. The molecule has 0 aromatic heterocycles. The molecule has 1 aromatic rings. The largest absolute Gasteiger partial charge is 0.493 e. The van der Waals surface area contributed by atoms with Crippen LogP contribution in [0.25, 0.3) is 0 Å². The van der Waals surface area contributed by atoms with Crippen LogP contribution in [0.15, 0.2) is 51.9 Å². The van der Waals surface area contributed by atoms with Gasteiger partial charge in [0.1, 0.15) is 5.84 Å². The fourth-order valence-electron chi connectivity index (χ4n) is 2.64. The van der Waals surface area contributed by atoms with Gasteiger partial charge in [-0.25, -0.2) is 9.98 Å². The standard InChI is InChI=1S/C18H19N3O2S/c1-10-5-6-12(7-11(10)2)19-17-13-8-15(22-3)16(23-4)9-14(13)20-18(24)21-17/h5-9,13H,1-4H3,(H,19,21,24). The number of anilines is 1. The van der Waals surface area contributed by atoms with E-state index >= 15 is 0 Å². The zero-order chi connectivity index (χ0) is 17.3. The van der Waals surface area contributed by atoms with Gasteiger partial charge in [-0.1, -0.05) is 6.07 Å². The summed E-state index contributed by atoms with van der Waals surface area (Å²) in [6, 6.07) is 6.20. The van der Waals surface area contributed by atoms with E-state index in [9.17, 15) is 0 Å². The van der Waals surface area contributed by atoms with Gasteiger partial charge in [0.2, 0.25) is 5.11 Å². The van der Waals surface area contributed by atoms with Crippen LogP contribution in [0.3, 0.4) is 0 Å². The molecule has 0 amide bonds. The lowest BCUT2D eigenvalue weighted by Crippen LogP contribution is -2.34. The lowest BCUT2D eigenvalue weighted by molar-refractivity contribution is 0.218. The molecule has 2 aliphatic rings. The summed E-state index contributed by atoms with van der Waals surface area (Å²) in [6.07, 6.45) is 3.78. The van der Waals surface area contributed by atoms with Gasteiger partial charge in [0.15, 0.2) is 11.5 Å². The molecule has 0 radical (unpaired) electrons.